The first-order valence-electron chi connectivity index (χ1n) is 8.56. The van der Waals surface area contributed by atoms with Gasteiger partial charge in [-0.05, 0) is 29.0 Å². The van der Waals surface area contributed by atoms with E-state index in [4.69, 9.17) is 0 Å². The first-order chi connectivity index (χ1) is 11.9. The Labute approximate surface area is 153 Å². The van der Waals surface area contributed by atoms with E-state index < -0.39 is 0 Å². The van der Waals surface area contributed by atoms with Gasteiger partial charge < -0.3 is 9.80 Å². The number of hydrogen-bond donors (Lipinski definition) is 0. The molecule has 0 saturated carbocycles. The highest BCUT2D eigenvalue weighted by Crippen LogP contribution is 2.45. The van der Waals surface area contributed by atoms with E-state index in [1.54, 1.807) is 30.3 Å². The van der Waals surface area contributed by atoms with Crippen molar-refractivity contribution >= 4 is 23.2 Å². The van der Waals surface area contributed by atoms with Crippen LogP contribution in [0.15, 0.2) is 41.8 Å². The van der Waals surface area contributed by atoms with E-state index in [9.17, 15) is 9.59 Å². The SMILES string of the molecule is CC(C)CN1C(=O)c2ccccc2C(C(=O)N(C)C)C1c1cccs1. The number of thiophene rings is 1. The van der Waals surface area contributed by atoms with Crippen molar-refractivity contribution in [3.63, 3.8) is 0 Å². The smallest absolute Gasteiger partial charge is 0.254 e. The molecule has 2 unspecified atom stereocenters. The Morgan fingerprint density at radius 2 is 1.92 bits per heavy atom. The van der Waals surface area contributed by atoms with Gasteiger partial charge in [0.1, 0.15) is 0 Å². The lowest BCUT2D eigenvalue weighted by atomic mass is 9.81. The number of rotatable bonds is 4. The van der Waals surface area contributed by atoms with E-state index >= 15 is 0 Å². The van der Waals surface area contributed by atoms with E-state index in [2.05, 4.69) is 13.8 Å². The minimum absolute atomic E-state index is 0.0190. The summed E-state index contributed by atoms with van der Waals surface area (Å²) >= 11 is 1.61. The van der Waals surface area contributed by atoms with E-state index in [0.29, 0.717) is 18.0 Å². The fourth-order valence-electron chi connectivity index (χ4n) is 3.51. The Bertz CT molecular complexity index is 768. The second-order valence-corrected chi connectivity index (χ2v) is 8.09. The van der Waals surface area contributed by atoms with Crippen LogP contribution in [0.4, 0.5) is 0 Å². The van der Waals surface area contributed by atoms with E-state index in [1.807, 2.05) is 46.7 Å². The van der Waals surface area contributed by atoms with Crippen LogP contribution in [0.1, 0.15) is 46.6 Å². The molecule has 25 heavy (non-hydrogen) atoms. The highest BCUT2D eigenvalue weighted by Gasteiger charge is 2.45. The van der Waals surface area contributed by atoms with Crippen LogP contribution in [0.25, 0.3) is 0 Å². The molecule has 2 atom stereocenters. The molecule has 0 radical (unpaired) electrons. The molecule has 0 aliphatic carbocycles. The second kappa shape index (κ2) is 7.00. The number of carbonyl (C=O) groups is 2. The molecule has 0 spiro atoms. The van der Waals surface area contributed by atoms with Crippen molar-refractivity contribution in [3.05, 3.63) is 57.8 Å². The molecular weight excluding hydrogens is 332 g/mol. The highest BCUT2D eigenvalue weighted by molar-refractivity contribution is 7.10. The maximum atomic E-state index is 13.2. The Balaban J connectivity index is 2.21. The Kier molecular flexibility index (Phi) is 4.95. The van der Waals surface area contributed by atoms with Crippen LogP contribution in [0.2, 0.25) is 0 Å². The highest BCUT2D eigenvalue weighted by atomic mass is 32.1. The summed E-state index contributed by atoms with van der Waals surface area (Å²) in [6.07, 6.45) is 0. The van der Waals surface area contributed by atoms with E-state index in [0.717, 1.165) is 10.4 Å². The second-order valence-electron chi connectivity index (χ2n) is 7.11. The average molecular weight is 356 g/mol. The third-order valence-corrected chi connectivity index (χ3v) is 5.48. The molecule has 0 bridgehead atoms. The summed E-state index contributed by atoms with van der Waals surface area (Å²) in [5.74, 6) is 0.00527. The third kappa shape index (κ3) is 3.21. The molecule has 1 aliphatic rings. The zero-order valence-electron chi connectivity index (χ0n) is 15.1. The first-order valence-corrected chi connectivity index (χ1v) is 9.44. The van der Waals surface area contributed by atoms with Crippen LogP contribution < -0.4 is 0 Å². The van der Waals surface area contributed by atoms with Crippen molar-refractivity contribution in [2.45, 2.75) is 25.8 Å². The lowest BCUT2D eigenvalue weighted by Crippen LogP contribution is -2.48. The lowest BCUT2D eigenvalue weighted by Gasteiger charge is -2.42. The van der Waals surface area contributed by atoms with Gasteiger partial charge >= 0.3 is 0 Å². The standard InChI is InChI=1S/C20H24N2O2S/c1-13(2)12-22-18(16-10-7-11-25-16)17(20(24)21(3)4)14-8-5-6-9-15(14)19(22)23/h5-11,13,17-18H,12H2,1-4H3. The normalized spacial score (nSPS) is 19.9. The van der Waals surface area contributed by atoms with Gasteiger partial charge in [-0.25, -0.2) is 0 Å². The fraction of sp³-hybridized carbons (Fsp3) is 0.400. The number of nitrogens with zero attached hydrogens (tertiary/aromatic N) is 2. The van der Waals surface area contributed by atoms with Crippen molar-refractivity contribution in [2.75, 3.05) is 20.6 Å². The van der Waals surface area contributed by atoms with Crippen molar-refractivity contribution in [3.8, 4) is 0 Å². The Morgan fingerprint density at radius 3 is 2.52 bits per heavy atom. The number of benzene rings is 1. The van der Waals surface area contributed by atoms with Gasteiger partial charge in [-0.2, -0.15) is 0 Å². The summed E-state index contributed by atoms with van der Waals surface area (Å²) in [5, 5.41) is 2.01. The van der Waals surface area contributed by atoms with Gasteiger partial charge in [-0.1, -0.05) is 38.1 Å². The molecule has 1 aliphatic heterocycles. The van der Waals surface area contributed by atoms with E-state index in [1.165, 1.54) is 0 Å². The molecule has 2 aromatic rings. The quantitative estimate of drug-likeness (QED) is 0.837. The van der Waals surface area contributed by atoms with Crippen LogP contribution >= 0.6 is 11.3 Å². The minimum Gasteiger partial charge on any atom is -0.348 e. The molecule has 1 aromatic heterocycles. The molecule has 4 nitrogen and oxygen atoms in total. The lowest BCUT2D eigenvalue weighted by molar-refractivity contribution is -0.132. The van der Waals surface area contributed by atoms with Crippen molar-refractivity contribution in [1.82, 2.24) is 9.80 Å². The number of amides is 2. The van der Waals surface area contributed by atoms with Crippen LogP contribution in [0, 0.1) is 5.92 Å². The van der Waals surface area contributed by atoms with Gasteiger partial charge in [0.05, 0.1) is 12.0 Å². The zero-order valence-corrected chi connectivity index (χ0v) is 15.9. The average Bonchev–Trinajstić information content (AvgIpc) is 3.10. The molecule has 1 aromatic carbocycles. The molecule has 2 heterocycles. The molecule has 132 valence electrons. The molecule has 2 amide bonds. The molecule has 0 N–H and O–H groups in total. The summed E-state index contributed by atoms with van der Waals surface area (Å²) in [7, 11) is 3.55. The predicted octanol–water partition coefficient (Wildman–Crippen LogP) is 3.77. The molecule has 0 saturated heterocycles. The molecular formula is C20H24N2O2S. The summed E-state index contributed by atoms with van der Waals surface area (Å²) in [5.41, 5.74) is 1.49. The van der Waals surface area contributed by atoms with Crippen molar-refractivity contribution in [2.24, 2.45) is 5.92 Å². The maximum absolute atomic E-state index is 13.2. The summed E-state index contributed by atoms with van der Waals surface area (Å²) in [4.78, 5) is 30.9. The molecule has 3 rings (SSSR count). The number of carbonyl (C=O) groups excluding carboxylic acids is 2. The maximum Gasteiger partial charge on any atom is 0.254 e. The monoisotopic (exact) mass is 356 g/mol. The summed E-state index contributed by atoms with van der Waals surface area (Å²) < 4.78 is 0. The van der Waals surface area contributed by atoms with Gasteiger partial charge in [0.25, 0.3) is 5.91 Å². The number of fused-ring (bicyclic) bond motifs is 1. The van der Waals surface area contributed by atoms with Crippen molar-refractivity contribution in [1.29, 1.82) is 0 Å². The van der Waals surface area contributed by atoms with Gasteiger partial charge in [-0.3, -0.25) is 9.59 Å². The van der Waals surface area contributed by atoms with Gasteiger partial charge in [0, 0.05) is 31.1 Å². The minimum atomic E-state index is -0.374. The molecule has 0 fully saturated rings. The van der Waals surface area contributed by atoms with Crippen LogP contribution in [0.3, 0.4) is 0 Å². The van der Waals surface area contributed by atoms with Crippen LogP contribution in [-0.2, 0) is 4.79 Å². The zero-order chi connectivity index (χ0) is 18.1. The fourth-order valence-corrected chi connectivity index (χ4v) is 4.38. The van der Waals surface area contributed by atoms with Gasteiger partial charge in [0.2, 0.25) is 5.91 Å². The van der Waals surface area contributed by atoms with Gasteiger partial charge in [-0.15, -0.1) is 11.3 Å². The number of hydrogen-bond acceptors (Lipinski definition) is 3. The molecule has 5 heteroatoms. The summed E-state index contributed by atoms with van der Waals surface area (Å²) in [6.45, 7) is 4.83. The third-order valence-electron chi connectivity index (χ3n) is 4.54. The van der Waals surface area contributed by atoms with Gasteiger partial charge in [0.15, 0.2) is 0 Å². The first kappa shape index (κ1) is 17.7. The Hall–Kier alpha value is -2.14. The predicted molar refractivity (Wildman–Crippen MR) is 101 cm³/mol. The summed E-state index contributed by atoms with van der Waals surface area (Å²) in [6, 6.07) is 11.3. The van der Waals surface area contributed by atoms with E-state index in [-0.39, 0.29) is 23.8 Å². The topological polar surface area (TPSA) is 40.6 Å². The Morgan fingerprint density at radius 1 is 1.20 bits per heavy atom. The van der Waals surface area contributed by atoms with Crippen molar-refractivity contribution < 1.29 is 9.59 Å². The number of likely N-dealkylation sites (N-methyl/N-ethyl adjacent to an activating group) is 1. The largest absolute Gasteiger partial charge is 0.348 e. The van der Waals surface area contributed by atoms with Crippen LogP contribution in [0.5, 0.6) is 0 Å². The van der Waals surface area contributed by atoms with Crippen LogP contribution in [-0.4, -0.2) is 42.3 Å².